The van der Waals surface area contributed by atoms with E-state index in [-0.39, 0.29) is 6.41 Å². The quantitative estimate of drug-likeness (QED) is 0.616. The van der Waals surface area contributed by atoms with Crippen molar-refractivity contribution in [1.29, 1.82) is 0 Å². The zero-order valence-corrected chi connectivity index (χ0v) is 14.1. The van der Waals surface area contributed by atoms with Gasteiger partial charge in [0, 0.05) is 17.9 Å². The molecule has 2 aliphatic rings. The van der Waals surface area contributed by atoms with Gasteiger partial charge in [-0.1, -0.05) is 6.92 Å². The highest BCUT2D eigenvalue weighted by Gasteiger charge is 2.34. The van der Waals surface area contributed by atoms with Crippen molar-refractivity contribution in [3.8, 4) is 12.8 Å². The predicted molar refractivity (Wildman–Crippen MR) is 91.5 cm³/mol. The molecule has 0 bridgehead atoms. The lowest BCUT2D eigenvalue weighted by Crippen LogP contribution is -2.43. The highest BCUT2D eigenvalue weighted by Crippen LogP contribution is 2.37. The molecule has 0 aromatic carbocycles. The molecule has 2 heterocycles. The van der Waals surface area contributed by atoms with Crippen molar-refractivity contribution in [2.24, 2.45) is 17.6 Å². The Kier molecular flexibility index (Phi) is 7.20. The van der Waals surface area contributed by atoms with Gasteiger partial charge in [0.2, 0.25) is 6.41 Å². The van der Waals surface area contributed by atoms with E-state index in [4.69, 9.17) is 4.79 Å². The number of nitrogens with two attached hydrogens (primary N) is 1. The highest BCUT2D eigenvalue weighted by molar-refractivity contribution is 5.42. The predicted octanol–water partition coefficient (Wildman–Crippen LogP) is 2.04. The molecule has 4 heteroatoms. The van der Waals surface area contributed by atoms with Crippen LogP contribution in [0.1, 0.15) is 35.9 Å². The van der Waals surface area contributed by atoms with Crippen LogP contribution in [0.4, 0.5) is 0 Å². The second kappa shape index (κ2) is 8.65. The average Bonchev–Trinajstić information content (AvgIpc) is 2.82. The fourth-order valence-corrected chi connectivity index (χ4v) is 3.77. The van der Waals surface area contributed by atoms with Crippen molar-refractivity contribution in [2.75, 3.05) is 19.6 Å². The fraction of sp³-hybridized carbons (Fsp3) is 0.611. The third-order valence-corrected chi connectivity index (χ3v) is 5.07. The number of nitrogens with one attached hydrogen (secondary N) is 1. The number of rotatable bonds is 1. The minimum absolute atomic E-state index is 0.250. The molecule has 1 saturated heterocycles. The number of aromatic nitrogens is 1. The maximum Gasteiger partial charge on any atom is 0.204 e. The van der Waals surface area contributed by atoms with E-state index in [1.54, 1.807) is 11.3 Å². The largest absolute Gasteiger partial charge is 0.372 e. The summed E-state index contributed by atoms with van der Waals surface area (Å²) < 4.78 is 0. The summed E-state index contributed by atoms with van der Waals surface area (Å²) in [7, 11) is 0. The third kappa shape index (κ3) is 3.92. The van der Waals surface area contributed by atoms with Crippen LogP contribution in [0.15, 0.2) is 0 Å². The smallest absolute Gasteiger partial charge is 0.204 e. The molecule has 4 nitrogen and oxygen atoms in total. The van der Waals surface area contributed by atoms with E-state index in [9.17, 15) is 0 Å². The number of amides is 1. The van der Waals surface area contributed by atoms with Crippen LogP contribution in [0.25, 0.3) is 0 Å². The van der Waals surface area contributed by atoms with Crippen molar-refractivity contribution in [3.05, 3.63) is 22.5 Å². The van der Waals surface area contributed by atoms with Crippen LogP contribution in [-0.2, 0) is 17.6 Å². The molecule has 3 rings (SSSR count). The van der Waals surface area contributed by atoms with Crippen LogP contribution in [0.5, 0.6) is 0 Å². The Labute approximate surface area is 134 Å². The van der Waals surface area contributed by atoms with Gasteiger partial charge in [0.1, 0.15) is 0 Å². The Morgan fingerprint density at radius 2 is 1.95 bits per heavy atom. The lowest BCUT2D eigenvalue weighted by atomic mass is 9.74. The number of carbonyl (C=O) groups is 1. The van der Waals surface area contributed by atoms with Crippen LogP contribution < -0.4 is 5.73 Å². The number of fused-ring (bicyclic) bond motifs is 2. The Bertz CT molecular complexity index is 504. The minimum atomic E-state index is 0.250. The van der Waals surface area contributed by atoms with Gasteiger partial charge < -0.3 is 15.6 Å². The number of aryl methyl sites for hydroxylation is 1. The van der Waals surface area contributed by atoms with Crippen LogP contribution in [0.2, 0.25) is 0 Å². The van der Waals surface area contributed by atoms with Gasteiger partial charge in [-0.3, -0.25) is 4.79 Å². The first kappa shape index (κ1) is 18.3. The van der Waals surface area contributed by atoms with Crippen molar-refractivity contribution in [2.45, 2.75) is 40.0 Å². The number of hydrogen-bond donors (Lipinski definition) is 2. The molecular weight excluding hydrogens is 274 g/mol. The lowest BCUT2D eigenvalue weighted by Gasteiger charge is -2.41. The highest BCUT2D eigenvalue weighted by atomic mass is 16.1. The van der Waals surface area contributed by atoms with Gasteiger partial charge in [0.25, 0.3) is 0 Å². The summed E-state index contributed by atoms with van der Waals surface area (Å²) in [5.41, 5.74) is 10.3. The van der Waals surface area contributed by atoms with Gasteiger partial charge in [-0.2, -0.15) is 0 Å². The van der Waals surface area contributed by atoms with Crippen LogP contribution in [-0.4, -0.2) is 35.9 Å². The maximum absolute atomic E-state index is 8.58. The minimum Gasteiger partial charge on any atom is -0.372 e. The van der Waals surface area contributed by atoms with Gasteiger partial charge in [-0.15, -0.1) is 12.8 Å². The molecule has 1 amide bonds. The fourth-order valence-electron chi connectivity index (χ4n) is 3.77. The Hall–Kier alpha value is -1.73. The summed E-state index contributed by atoms with van der Waals surface area (Å²) in [5, 5.41) is 0. The van der Waals surface area contributed by atoms with E-state index in [0.717, 1.165) is 11.8 Å². The molecule has 2 atom stereocenters. The van der Waals surface area contributed by atoms with E-state index >= 15 is 0 Å². The zero-order valence-electron chi connectivity index (χ0n) is 14.1. The number of carbonyl (C=O) groups excluding carboxylic acids is 1. The lowest BCUT2D eigenvalue weighted by molar-refractivity contribution is -0.106. The number of primary amides is 1. The zero-order chi connectivity index (χ0) is 16.7. The molecule has 0 spiro atoms. The standard InChI is InChI=1S/C15H24N2.C2H2.CH3NO/c1-4-17-6-5-12-8-15-14(7-13(12)9-17)10(2)11(3)16-15;1-2;2-1-3/h12-13,16H,4-9H2,1-3H3;1-2H;1H,(H2,2,3)/t12?,13-;;/m0../s1. The molecular formula is C18H29N3O. The number of piperidine rings is 1. The molecule has 1 aromatic rings. The van der Waals surface area contributed by atoms with E-state index in [0.29, 0.717) is 0 Å². The molecule has 1 aliphatic heterocycles. The number of H-pyrrole nitrogens is 1. The van der Waals surface area contributed by atoms with Gasteiger partial charge in [-0.25, -0.2) is 0 Å². The first-order valence-electron chi connectivity index (χ1n) is 7.98. The summed E-state index contributed by atoms with van der Waals surface area (Å²) >= 11 is 0. The molecule has 0 saturated carbocycles. The summed E-state index contributed by atoms with van der Waals surface area (Å²) in [6, 6.07) is 0. The number of likely N-dealkylation sites (tertiary alicyclic amines) is 1. The number of nitrogens with zero attached hydrogens (tertiary/aromatic N) is 1. The Balaban J connectivity index is 0.000000435. The van der Waals surface area contributed by atoms with Gasteiger partial charge in [0.15, 0.2) is 0 Å². The van der Waals surface area contributed by atoms with E-state index in [1.165, 1.54) is 50.2 Å². The summed E-state index contributed by atoms with van der Waals surface area (Å²) in [5.74, 6) is 1.84. The number of terminal acetylenes is 1. The molecule has 3 N–H and O–H groups in total. The van der Waals surface area contributed by atoms with Crippen LogP contribution >= 0.6 is 0 Å². The van der Waals surface area contributed by atoms with Gasteiger partial charge in [0.05, 0.1) is 0 Å². The Morgan fingerprint density at radius 1 is 1.32 bits per heavy atom. The summed E-state index contributed by atoms with van der Waals surface area (Å²) in [4.78, 5) is 14.8. The Morgan fingerprint density at radius 3 is 2.55 bits per heavy atom. The molecule has 22 heavy (non-hydrogen) atoms. The SMILES string of the molecule is C#C.CCN1CCC2Cc3[nH]c(C)c(C)c3C[C@H]2C1.NC=O. The van der Waals surface area contributed by atoms with Crippen LogP contribution in [0.3, 0.4) is 0 Å². The molecule has 1 aliphatic carbocycles. The maximum atomic E-state index is 8.58. The first-order chi connectivity index (χ1) is 10.6. The second-order valence-electron chi connectivity index (χ2n) is 6.08. The van der Waals surface area contributed by atoms with Crippen molar-refractivity contribution < 1.29 is 4.79 Å². The molecule has 0 radical (unpaired) electrons. The molecule has 1 fully saturated rings. The van der Waals surface area contributed by atoms with Gasteiger partial charge >= 0.3 is 0 Å². The van der Waals surface area contributed by atoms with E-state index in [1.807, 2.05) is 0 Å². The van der Waals surface area contributed by atoms with Crippen molar-refractivity contribution >= 4 is 6.41 Å². The summed E-state index contributed by atoms with van der Waals surface area (Å²) in [6.07, 6.45) is 12.3. The normalized spacial score (nSPS) is 23.0. The molecule has 122 valence electrons. The molecule has 1 aromatic heterocycles. The van der Waals surface area contributed by atoms with E-state index in [2.05, 4.69) is 49.2 Å². The number of hydrogen-bond acceptors (Lipinski definition) is 2. The first-order valence-corrected chi connectivity index (χ1v) is 7.98. The molecule has 1 unspecified atom stereocenters. The van der Waals surface area contributed by atoms with Crippen molar-refractivity contribution in [1.82, 2.24) is 9.88 Å². The topological polar surface area (TPSA) is 62.1 Å². The van der Waals surface area contributed by atoms with E-state index < -0.39 is 0 Å². The second-order valence-corrected chi connectivity index (χ2v) is 6.08. The van der Waals surface area contributed by atoms with Crippen LogP contribution in [0, 0.1) is 38.5 Å². The number of aromatic amines is 1. The van der Waals surface area contributed by atoms with Crippen molar-refractivity contribution in [3.63, 3.8) is 0 Å². The summed E-state index contributed by atoms with van der Waals surface area (Å²) in [6.45, 7) is 10.7. The average molecular weight is 303 g/mol. The monoisotopic (exact) mass is 303 g/mol. The van der Waals surface area contributed by atoms with Gasteiger partial charge in [-0.05, 0) is 69.2 Å². The third-order valence-electron chi connectivity index (χ3n) is 5.07.